The van der Waals surface area contributed by atoms with Gasteiger partial charge in [0.25, 0.3) is 0 Å². The molecule has 2 heterocycles. The number of rotatable bonds is 2. The smallest absolute Gasteiger partial charge is 0.306 e. The van der Waals surface area contributed by atoms with Gasteiger partial charge in [-0.25, -0.2) is 9.97 Å². The molecule has 0 spiro atoms. The maximum atomic E-state index is 10.8. The fourth-order valence-corrected chi connectivity index (χ4v) is 1.90. The molecule has 0 saturated carbocycles. The van der Waals surface area contributed by atoms with E-state index in [9.17, 15) is 4.79 Å². The van der Waals surface area contributed by atoms with Crippen molar-refractivity contribution in [1.29, 1.82) is 5.26 Å². The van der Waals surface area contributed by atoms with Gasteiger partial charge in [-0.1, -0.05) is 0 Å². The van der Waals surface area contributed by atoms with Gasteiger partial charge in [0.2, 0.25) is 0 Å². The Bertz CT molecular complexity index is 444. The Morgan fingerprint density at radius 3 is 2.59 bits per heavy atom. The summed E-state index contributed by atoms with van der Waals surface area (Å²) in [5.41, 5.74) is 0.286. The molecule has 1 aromatic heterocycles. The lowest BCUT2D eigenvalue weighted by atomic mass is 9.97. The number of carboxylic acid groups (broad SMARTS) is 1. The van der Waals surface area contributed by atoms with Crippen molar-refractivity contribution in [2.75, 3.05) is 18.0 Å². The molecule has 1 aliphatic heterocycles. The highest BCUT2D eigenvalue weighted by Crippen LogP contribution is 2.21. The molecule has 0 radical (unpaired) electrons. The molecule has 1 aromatic rings. The second-order valence-electron chi connectivity index (χ2n) is 3.97. The number of aromatic nitrogens is 2. The molecule has 1 fully saturated rings. The van der Waals surface area contributed by atoms with Crippen LogP contribution in [-0.4, -0.2) is 34.1 Å². The Kier molecular flexibility index (Phi) is 3.19. The lowest BCUT2D eigenvalue weighted by Gasteiger charge is -2.30. The van der Waals surface area contributed by atoms with Crippen LogP contribution in [-0.2, 0) is 4.79 Å². The molecule has 2 rings (SSSR count). The summed E-state index contributed by atoms with van der Waals surface area (Å²) in [7, 11) is 0. The van der Waals surface area contributed by atoms with Crippen molar-refractivity contribution in [3.8, 4) is 6.07 Å². The van der Waals surface area contributed by atoms with Crippen LogP contribution in [0.2, 0.25) is 0 Å². The van der Waals surface area contributed by atoms with Crippen molar-refractivity contribution in [2.45, 2.75) is 12.8 Å². The summed E-state index contributed by atoms with van der Waals surface area (Å²) in [6.45, 7) is 1.33. The second kappa shape index (κ2) is 4.78. The van der Waals surface area contributed by atoms with E-state index in [1.54, 1.807) is 6.20 Å². The molecule has 0 amide bonds. The summed E-state index contributed by atoms with van der Waals surface area (Å²) in [5, 5.41) is 17.5. The van der Waals surface area contributed by atoms with E-state index < -0.39 is 5.97 Å². The van der Waals surface area contributed by atoms with Crippen LogP contribution in [0.25, 0.3) is 0 Å². The van der Waals surface area contributed by atoms with E-state index in [1.807, 2.05) is 11.0 Å². The van der Waals surface area contributed by atoms with E-state index in [-0.39, 0.29) is 11.6 Å². The summed E-state index contributed by atoms with van der Waals surface area (Å²) in [6, 6.07) is 1.91. The van der Waals surface area contributed by atoms with E-state index in [2.05, 4.69) is 9.97 Å². The molecule has 0 bridgehead atoms. The molecule has 0 atom stereocenters. The van der Waals surface area contributed by atoms with Gasteiger partial charge in [-0.2, -0.15) is 5.26 Å². The summed E-state index contributed by atoms with van der Waals surface area (Å²) in [4.78, 5) is 20.9. The predicted octanol–water partition coefficient (Wildman–Crippen LogP) is 0.649. The Morgan fingerprint density at radius 1 is 1.41 bits per heavy atom. The fourth-order valence-electron chi connectivity index (χ4n) is 1.90. The molecule has 6 heteroatoms. The maximum Gasteiger partial charge on any atom is 0.306 e. The van der Waals surface area contributed by atoms with E-state index in [0.29, 0.717) is 31.7 Å². The van der Waals surface area contributed by atoms with Crippen molar-refractivity contribution in [2.24, 2.45) is 5.92 Å². The zero-order valence-electron chi connectivity index (χ0n) is 9.20. The van der Waals surface area contributed by atoms with Gasteiger partial charge < -0.3 is 10.0 Å². The monoisotopic (exact) mass is 232 g/mol. The Morgan fingerprint density at radius 2 is 2.12 bits per heavy atom. The second-order valence-corrected chi connectivity index (χ2v) is 3.97. The van der Waals surface area contributed by atoms with Crippen LogP contribution in [0.5, 0.6) is 0 Å². The van der Waals surface area contributed by atoms with Crippen molar-refractivity contribution in [3.05, 3.63) is 18.1 Å². The first-order valence-corrected chi connectivity index (χ1v) is 5.40. The molecular weight excluding hydrogens is 220 g/mol. The highest BCUT2D eigenvalue weighted by Gasteiger charge is 2.25. The lowest BCUT2D eigenvalue weighted by molar-refractivity contribution is -0.142. The van der Waals surface area contributed by atoms with Crippen molar-refractivity contribution < 1.29 is 9.90 Å². The highest BCUT2D eigenvalue weighted by atomic mass is 16.4. The van der Waals surface area contributed by atoms with Gasteiger partial charge in [-0.05, 0) is 12.8 Å². The molecule has 1 saturated heterocycles. The molecule has 1 N–H and O–H groups in total. The van der Waals surface area contributed by atoms with Crippen molar-refractivity contribution in [1.82, 2.24) is 9.97 Å². The van der Waals surface area contributed by atoms with Gasteiger partial charge in [0.15, 0.2) is 5.69 Å². The molecule has 0 unspecified atom stereocenters. The first-order chi connectivity index (χ1) is 8.20. The minimum atomic E-state index is -0.726. The Hall–Kier alpha value is -2.16. The van der Waals surface area contributed by atoms with E-state index >= 15 is 0 Å². The van der Waals surface area contributed by atoms with Gasteiger partial charge in [0, 0.05) is 13.1 Å². The average Bonchev–Trinajstić information content (AvgIpc) is 2.39. The summed E-state index contributed by atoms with van der Waals surface area (Å²) < 4.78 is 0. The number of carboxylic acids is 1. The van der Waals surface area contributed by atoms with Crippen LogP contribution in [0, 0.1) is 17.2 Å². The minimum Gasteiger partial charge on any atom is -0.481 e. The number of piperidine rings is 1. The molecule has 1 aliphatic rings. The van der Waals surface area contributed by atoms with Crippen LogP contribution in [0.3, 0.4) is 0 Å². The zero-order valence-corrected chi connectivity index (χ0v) is 9.20. The Labute approximate surface area is 98.5 Å². The number of carbonyl (C=O) groups is 1. The molecule has 6 nitrogen and oxygen atoms in total. The molecule has 88 valence electrons. The van der Waals surface area contributed by atoms with Crippen molar-refractivity contribution in [3.63, 3.8) is 0 Å². The lowest BCUT2D eigenvalue weighted by Crippen LogP contribution is -2.36. The largest absolute Gasteiger partial charge is 0.481 e. The topological polar surface area (TPSA) is 90.1 Å². The first-order valence-electron chi connectivity index (χ1n) is 5.40. The molecule has 17 heavy (non-hydrogen) atoms. The van der Waals surface area contributed by atoms with Crippen LogP contribution in [0.4, 0.5) is 5.82 Å². The minimum absolute atomic E-state index is 0.252. The number of aliphatic carboxylic acids is 1. The van der Waals surface area contributed by atoms with Crippen LogP contribution in [0.1, 0.15) is 18.5 Å². The normalized spacial score (nSPS) is 16.5. The molecule has 0 aromatic carbocycles. The maximum absolute atomic E-state index is 10.8. The van der Waals surface area contributed by atoms with Crippen molar-refractivity contribution >= 4 is 11.8 Å². The third-order valence-corrected chi connectivity index (χ3v) is 2.92. The number of hydrogen-bond donors (Lipinski definition) is 1. The number of hydrogen-bond acceptors (Lipinski definition) is 5. The number of nitriles is 1. The third-order valence-electron chi connectivity index (χ3n) is 2.92. The van der Waals surface area contributed by atoms with Gasteiger partial charge in [-0.3, -0.25) is 4.79 Å². The predicted molar refractivity (Wildman–Crippen MR) is 59.3 cm³/mol. The highest BCUT2D eigenvalue weighted by molar-refractivity contribution is 5.70. The number of nitrogens with zero attached hydrogens (tertiary/aromatic N) is 4. The first kappa shape index (κ1) is 11.3. The van der Waals surface area contributed by atoms with Gasteiger partial charge in [-0.15, -0.1) is 0 Å². The average molecular weight is 232 g/mol. The van der Waals surface area contributed by atoms with Gasteiger partial charge >= 0.3 is 5.97 Å². The third kappa shape index (κ3) is 2.50. The summed E-state index contributed by atoms with van der Waals surface area (Å²) in [6.07, 6.45) is 4.23. The Balaban J connectivity index is 2.00. The fraction of sp³-hybridized carbons (Fsp3) is 0.455. The van der Waals surface area contributed by atoms with Crippen LogP contribution >= 0.6 is 0 Å². The van der Waals surface area contributed by atoms with Gasteiger partial charge in [0.1, 0.15) is 11.9 Å². The zero-order chi connectivity index (χ0) is 12.3. The van der Waals surface area contributed by atoms with Crippen LogP contribution in [0.15, 0.2) is 12.4 Å². The number of anilines is 1. The molecular formula is C11H12N4O2. The van der Waals surface area contributed by atoms with E-state index in [4.69, 9.17) is 10.4 Å². The standard InChI is InChI=1S/C11H12N4O2/c12-5-9-6-14-10(7-13-9)15-3-1-8(2-4-15)11(16)17/h6-8H,1-4H2,(H,16,17). The van der Waals surface area contributed by atoms with E-state index in [0.717, 1.165) is 0 Å². The SMILES string of the molecule is N#Cc1cnc(N2CCC(C(=O)O)CC2)cn1. The summed E-state index contributed by atoms with van der Waals surface area (Å²) >= 11 is 0. The van der Waals surface area contributed by atoms with Crippen LogP contribution < -0.4 is 4.90 Å². The summed E-state index contributed by atoms with van der Waals surface area (Å²) in [5.74, 6) is -0.277. The van der Waals surface area contributed by atoms with E-state index in [1.165, 1.54) is 6.20 Å². The van der Waals surface area contributed by atoms with Gasteiger partial charge in [0.05, 0.1) is 18.3 Å². The quantitative estimate of drug-likeness (QED) is 0.805. The molecule has 0 aliphatic carbocycles.